The minimum atomic E-state index is -0.0110. The summed E-state index contributed by atoms with van der Waals surface area (Å²) >= 11 is 0. The SMILES string of the molecule is CCC(NC(=O)c1ccccc1C)c1ccc2ccccc2c1. The summed E-state index contributed by atoms with van der Waals surface area (Å²) in [7, 11) is 0. The van der Waals surface area contributed by atoms with Crippen molar-refractivity contribution in [3.8, 4) is 0 Å². The normalized spacial score (nSPS) is 12.1. The molecule has 2 heteroatoms. The number of fused-ring (bicyclic) bond motifs is 1. The van der Waals surface area contributed by atoms with Crippen LogP contribution in [-0.2, 0) is 0 Å². The molecule has 0 saturated heterocycles. The Kier molecular flexibility index (Phi) is 4.42. The van der Waals surface area contributed by atoms with Crippen LogP contribution in [0.1, 0.15) is 40.9 Å². The number of rotatable bonds is 4. The Balaban J connectivity index is 1.86. The lowest BCUT2D eigenvalue weighted by Crippen LogP contribution is -2.28. The Hall–Kier alpha value is -2.61. The maximum atomic E-state index is 12.6. The van der Waals surface area contributed by atoms with Crippen LogP contribution in [0.4, 0.5) is 0 Å². The van der Waals surface area contributed by atoms with Crippen molar-refractivity contribution in [2.45, 2.75) is 26.3 Å². The van der Waals surface area contributed by atoms with Gasteiger partial charge in [-0.15, -0.1) is 0 Å². The maximum Gasteiger partial charge on any atom is 0.252 e. The van der Waals surface area contributed by atoms with Gasteiger partial charge in [0.2, 0.25) is 0 Å². The van der Waals surface area contributed by atoms with Crippen molar-refractivity contribution in [2.24, 2.45) is 0 Å². The highest BCUT2D eigenvalue weighted by Gasteiger charge is 2.15. The summed E-state index contributed by atoms with van der Waals surface area (Å²) in [6.45, 7) is 4.06. The lowest BCUT2D eigenvalue weighted by atomic mass is 9.99. The first-order valence-electron chi connectivity index (χ1n) is 8.04. The second-order valence-corrected chi connectivity index (χ2v) is 5.86. The van der Waals surface area contributed by atoms with E-state index in [0.717, 1.165) is 23.1 Å². The standard InChI is InChI=1S/C21H21NO/c1-3-20(22-21(23)19-11-7-4-8-15(19)2)18-13-12-16-9-5-6-10-17(16)14-18/h4-14,20H,3H2,1-2H3,(H,22,23). The molecular formula is C21H21NO. The van der Waals surface area contributed by atoms with Gasteiger partial charge in [-0.25, -0.2) is 0 Å². The van der Waals surface area contributed by atoms with Gasteiger partial charge >= 0.3 is 0 Å². The largest absolute Gasteiger partial charge is 0.345 e. The second-order valence-electron chi connectivity index (χ2n) is 5.86. The van der Waals surface area contributed by atoms with E-state index in [-0.39, 0.29) is 11.9 Å². The molecule has 2 nitrogen and oxygen atoms in total. The molecule has 116 valence electrons. The highest BCUT2D eigenvalue weighted by atomic mass is 16.1. The summed E-state index contributed by atoms with van der Waals surface area (Å²) in [5.74, 6) is -0.0110. The minimum absolute atomic E-state index is 0.0110. The zero-order chi connectivity index (χ0) is 16.2. The van der Waals surface area contributed by atoms with E-state index in [1.165, 1.54) is 10.8 Å². The van der Waals surface area contributed by atoms with E-state index in [1.807, 2.05) is 43.3 Å². The predicted molar refractivity (Wildman–Crippen MR) is 95.6 cm³/mol. The zero-order valence-electron chi connectivity index (χ0n) is 13.5. The summed E-state index contributed by atoms with van der Waals surface area (Å²) < 4.78 is 0. The Morgan fingerprint density at radius 3 is 2.39 bits per heavy atom. The second kappa shape index (κ2) is 6.66. The van der Waals surface area contributed by atoms with Gasteiger partial charge in [0.05, 0.1) is 6.04 Å². The molecule has 3 aromatic rings. The molecule has 0 heterocycles. The van der Waals surface area contributed by atoms with Crippen LogP contribution in [0.3, 0.4) is 0 Å². The van der Waals surface area contributed by atoms with Crippen LogP contribution in [0.15, 0.2) is 66.7 Å². The van der Waals surface area contributed by atoms with Gasteiger partial charge in [-0.1, -0.05) is 61.5 Å². The monoisotopic (exact) mass is 303 g/mol. The molecule has 0 fully saturated rings. The van der Waals surface area contributed by atoms with E-state index in [9.17, 15) is 4.79 Å². The molecule has 3 aromatic carbocycles. The molecule has 0 radical (unpaired) electrons. The van der Waals surface area contributed by atoms with Gasteiger partial charge in [0.1, 0.15) is 0 Å². The number of carbonyl (C=O) groups excluding carboxylic acids is 1. The van der Waals surface area contributed by atoms with Crippen molar-refractivity contribution in [1.82, 2.24) is 5.32 Å². The molecule has 1 unspecified atom stereocenters. The smallest absolute Gasteiger partial charge is 0.252 e. The molecular weight excluding hydrogens is 282 g/mol. The molecule has 0 aromatic heterocycles. The van der Waals surface area contributed by atoms with Crippen molar-refractivity contribution in [1.29, 1.82) is 0 Å². The summed E-state index contributed by atoms with van der Waals surface area (Å²) in [6.07, 6.45) is 0.857. The van der Waals surface area contributed by atoms with Crippen LogP contribution in [0.5, 0.6) is 0 Å². The van der Waals surface area contributed by atoms with E-state index >= 15 is 0 Å². The van der Waals surface area contributed by atoms with E-state index in [4.69, 9.17) is 0 Å². The van der Waals surface area contributed by atoms with Crippen LogP contribution < -0.4 is 5.32 Å². The molecule has 0 aliphatic carbocycles. The van der Waals surface area contributed by atoms with Gasteiger partial charge in [0, 0.05) is 5.56 Å². The molecule has 0 aliphatic rings. The fourth-order valence-corrected chi connectivity index (χ4v) is 2.91. The van der Waals surface area contributed by atoms with Crippen molar-refractivity contribution in [3.63, 3.8) is 0 Å². The molecule has 1 atom stereocenters. The zero-order valence-corrected chi connectivity index (χ0v) is 13.5. The Morgan fingerprint density at radius 1 is 0.957 bits per heavy atom. The van der Waals surface area contributed by atoms with Crippen molar-refractivity contribution >= 4 is 16.7 Å². The topological polar surface area (TPSA) is 29.1 Å². The number of aryl methyl sites for hydroxylation is 1. The lowest BCUT2D eigenvalue weighted by molar-refractivity contribution is 0.0935. The molecule has 1 amide bonds. The number of amides is 1. The molecule has 0 saturated carbocycles. The van der Waals surface area contributed by atoms with Crippen LogP contribution >= 0.6 is 0 Å². The van der Waals surface area contributed by atoms with Gasteiger partial charge in [-0.05, 0) is 47.4 Å². The summed E-state index contributed by atoms with van der Waals surface area (Å²) in [5.41, 5.74) is 2.89. The Labute approximate surface area is 137 Å². The minimum Gasteiger partial charge on any atom is -0.345 e. The third-order valence-corrected chi connectivity index (χ3v) is 4.28. The average molecular weight is 303 g/mol. The van der Waals surface area contributed by atoms with Gasteiger partial charge in [0.15, 0.2) is 0 Å². The molecule has 0 bridgehead atoms. The third-order valence-electron chi connectivity index (χ3n) is 4.28. The molecule has 23 heavy (non-hydrogen) atoms. The van der Waals surface area contributed by atoms with E-state index < -0.39 is 0 Å². The van der Waals surface area contributed by atoms with Gasteiger partial charge in [0.25, 0.3) is 5.91 Å². The van der Waals surface area contributed by atoms with Crippen molar-refractivity contribution in [2.75, 3.05) is 0 Å². The fraction of sp³-hybridized carbons (Fsp3) is 0.190. The fourth-order valence-electron chi connectivity index (χ4n) is 2.91. The quantitative estimate of drug-likeness (QED) is 0.719. The number of nitrogens with one attached hydrogen (secondary N) is 1. The number of benzene rings is 3. The summed E-state index contributed by atoms with van der Waals surface area (Å²) in [5, 5.41) is 5.59. The van der Waals surface area contributed by atoms with Crippen LogP contribution in [-0.4, -0.2) is 5.91 Å². The number of hydrogen-bond donors (Lipinski definition) is 1. The highest BCUT2D eigenvalue weighted by molar-refractivity contribution is 5.96. The first kappa shape index (κ1) is 15.3. The summed E-state index contributed by atoms with van der Waals surface area (Å²) in [6, 6.07) is 22.4. The first-order valence-corrected chi connectivity index (χ1v) is 8.04. The van der Waals surface area contributed by atoms with Crippen LogP contribution in [0, 0.1) is 6.92 Å². The lowest BCUT2D eigenvalue weighted by Gasteiger charge is -2.19. The number of carbonyl (C=O) groups is 1. The highest BCUT2D eigenvalue weighted by Crippen LogP contribution is 2.23. The van der Waals surface area contributed by atoms with Crippen molar-refractivity contribution < 1.29 is 4.79 Å². The van der Waals surface area contributed by atoms with Gasteiger partial charge < -0.3 is 5.32 Å². The Morgan fingerprint density at radius 2 is 1.65 bits per heavy atom. The molecule has 0 spiro atoms. The molecule has 1 N–H and O–H groups in total. The summed E-state index contributed by atoms with van der Waals surface area (Å²) in [4.78, 5) is 12.6. The predicted octanol–water partition coefficient (Wildman–Crippen LogP) is 5.03. The van der Waals surface area contributed by atoms with E-state index in [2.05, 4.69) is 42.6 Å². The number of hydrogen-bond acceptors (Lipinski definition) is 1. The third kappa shape index (κ3) is 3.26. The first-order chi connectivity index (χ1) is 11.2. The van der Waals surface area contributed by atoms with Crippen LogP contribution in [0.25, 0.3) is 10.8 Å². The average Bonchev–Trinajstić information content (AvgIpc) is 2.59. The van der Waals surface area contributed by atoms with Crippen LogP contribution in [0.2, 0.25) is 0 Å². The van der Waals surface area contributed by atoms with Gasteiger partial charge in [-0.3, -0.25) is 4.79 Å². The van der Waals surface area contributed by atoms with Crippen molar-refractivity contribution in [3.05, 3.63) is 83.4 Å². The van der Waals surface area contributed by atoms with Gasteiger partial charge in [-0.2, -0.15) is 0 Å². The Bertz CT molecular complexity index is 838. The maximum absolute atomic E-state index is 12.6. The van der Waals surface area contributed by atoms with E-state index in [0.29, 0.717) is 0 Å². The van der Waals surface area contributed by atoms with E-state index in [1.54, 1.807) is 0 Å². The molecule has 3 rings (SSSR count). The molecule has 0 aliphatic heterocycles.